The lowest BCUT2D eigenvalue weighted by atomic mass is 10.0. The Morgan fingerprint density at radius 1 is 0.437 bits per heavy atom. The number of aliphatic hydroxyl groups excluding tert-OH is 1. The van der Waals surface area contributed by atoms with Gasteiger partial charge in [0.15, 0.2) is 0 Å². The molecule has 2 aliphatic rings. The highest BCUT2D eigenvalue weighted by atomic mass is 32.2. The fourth-order valence-corrected chi connectivity index (χ4v) is 12.5. The van der Waals surface area contributed by atoms with Gasteiger partial charge in [0, 0.05) is 62.8 Å². The van der Waals surface area contributed by atoms with Crippen LogP contribution in [-0.2, 0) is 138 Å². The number of carbonyl (C=O) groups is 2. The third kappa shape index (κ3) is 58.3. The summed E-state index contributed by atoms with van der Waals surface area (Å²) in [5.74, 6) is -0.0513. The van der Waals surface area contributed by atoms with Crippen molar-refractivity contribution in [1.29, 1.82) is 0 Å². The third-order valence-electron chi connectivity index (χ3n) is 17.1. The van der Waals surface area contributed by atoms with Crippen LogP contribution in [0, 0.1) is 5.92 Å². The summed E-state index contributed by atoms with van der Waals surface area (Å²) in [5, 5.41) is 9.38. The summed E-state index contributed by atoms with van der Waals surface area (Å²) in [6, 6.07) is 12.5. The van der Waals surface area contributed by atoms with Crippen LogP contribution in [0.4, 0.5) is 5.69 Å². The van der Waals surface area contributed by atoms with Crippen LogP contribution < -0.4 is 5.73 Å². The van der Waals surface area contributed by atoms with Crippen LogP contribution in [0.2, 0.25) is 0 Å². The number of aliphatic imine (C=N–C) groups is 1. The normalized spacial score (nSPS) is 13.5. The van der Waals surface area contributed by atoms with Crippen molar-refractivity contribution in [2.45, 2.75) is 63.9 Å². The zero-order valence-electron chi connectivity index (χ0n) is 72.0. The molecule has 0 atom stereocenters. The molecule has 688 valence electrons. The molecule has 2 heterocycles. The smallest absolute Gasteiger partial charge is 0.308 e. The first-order chi connectivity index (χ1) is 58.2. The summed E-state index contributed by atoms with van der Waals surface area (Å²) in [5.41, 5.74) is 9.35. The minimum atomic E-state index is -3.69. The van der Waals surface area contributed by atoms with E-state index in [2.05, 4.69) is 16.8 Å². The number of sulfonamides is 1. The highest BCUT2D eigenvalue weighted by Crippen LogP contribution is 2.34. The molecule has 2 aliphatic heterocycles. The molecular weight excluding hydrogens is 1580 g/mol. The molecule has 0 aromatic heterocycles. The maximum absolute atomic E-state index is 14.0. The van der Waals surface area contributed by atoms with Gasteiger partial charge in [-0.3, -0.25) is 9.59 Å². The zero-order chi connectivity index (χ0) is 85.3. The summed E-state index contributed by atoms with van der Waals surface area (Å²) in [6.07, 6.45) is 3.90. The Morgan fingerprint density at radius 2 is 0.756 bits per heavy atom. The zero-order valence-corrected chi connectivity index (χ0v) is 72.8. The van der Waals surface area contributed by atoms with Crippen LogP contribution in [0.25, 0.3) is 17.2 Å². The molecule has 1 fully saturated rings. The average molecular weight is 1730 g/mol. The van der Waals surface area contributed by atoms with Gasteiger partial charge in [0.25, 0.3) is 0 Å². The van der Waals surface area contributed by atoms with Crippen molar-refractivity contribution in [3.8, 4) is 11.1 Å². The Morgan fingerprint density at radius 3 is 1.08 bits per heavy atom. The number of ether oxygens (including phenoxy) is 25. The number of hydrogen-bond donors (Lipinski definition) is 2. The largest absolute Gasteiger partial charge is 0.460 e. The van der Waals surface area contributed by atoms with Crippen LogP contribution >= 0.6 is 0 Å². The van der Waals surface area contributed by atoms with E-state index in [0.29, 0.717) is 366 Å². The monoisotopic (exact) mass is 1720 g/mol. The van der Waals surface area contributed by atoms with Crippen molar-refractivity contribution >= 4 is 39.5 Å². The molecule has 2 aromatic rings. The third-order valence-corrected chi connectivity index (χ3v) is 18.9. The Bertz CT molecular complexity index is 2940. The molecule has 0 unspecified atom stereocenters. The van der Waals surface area contributed by atoms with E-state index in [1.165, 1.54) is 4.31 Å². The minimum Gasteiger partial charge on any atom is -0.460 e. The maximum Gasteiger partial charge on any atom is 0.308 e. The minimum absolute atomic E-state index is 0.0379. The number of amidine groups is 1. The van der Waals surface area contributed by atoms with E-state index in [9.17, 15) is 23.1 Å². The summed E-state index contributed by atoms with van der Waals surface area (Å²) in [4.78, 5) is 34.6. The molecule has 1 saturated heterocycles. The number of hydrogen-bond acceptors (Lipinski definition) is 33. The van der Waals surface area contributed by atoms with Crippen LogP contribution in [0.5, 0.6) is 0 Å². The van der Waals surface area contributed by atoms with E-state index in [4.69, 9.17) is 124 Å². The number of nitrogens with zero attached hydrogens (tertiary/aromatic N) is 4. The molecule has 0 saturated carbocycles. The van der Waals surface area contributed by atoms with Gasteiger partial charge in [-0.15, -0.1) is 0 Å². The highest BCUT2D eigenvalue weighted by Gasteiger charge is 2.36. The molecular formula is C83H145N5O30S. The SMILES string of the molecule is CCCN(CCCN(C)CCOCCOCCOCCOCCOCCOCCOCCOCCOCCOCCOCCOCCOCCOCCOCCOCCOCCOCCOCCOCCOCCOCCOCCOCCC(=O)OC(C)(C)C)C(=O)C1=Cc2ccc(-c3cccc(S(=O)(=O)N4CC(CO)C4)c3)cc2N=C(N)C1. The Hall–Kier alpha value is -4.54. The Kier molecular flexibility index (Phi) is 66.2. The van der Waals surface area contributed by atoms with Gasteiger partial charge in [-0.25, -0.2) is 13.4 Å². The van der Waals surface area contributed by atoms with Crippen LogP contribution in [0.15, 0.2) is 57.9 Å². The number of fused-ring (bicyclic) bond motifs is 1. The van der Waals surface area contributed by atoms with Crippen molar-refractivity contribution in [2.75, 3.05) is 370 Å². The number of esters is 1. The summed E-state index contributed by atoms with van der Waals surface area (Å²) >= 11 is 0. The van der Waals surface area contributed by atoms with E-state index >= 15 is 0 Å². The van der Waals surface area contributed by atoms with Gasteiger partial charge in [-0.05, 0) is 82.6 Å². The molecule has 0 spiro atoms. The summed E-state index contributed by atoms with van der Waals surface area (Å²) in [6.45, 7) is 33.2. The van der Waals surface area contributed by atoms with Crippen molar-refractivity contribution in [3.05, 3.63) is 53.6 Å². The van der Waals surface area contributed by atoms with Crippen LogP contribution in [0.3, 0.4) is 0 Å². The summed E-state index contributed by atoms with van der Waals surface area (Å²) in [7, 11) is -1.64. The van der Waals surface area contributed by atoms with E-state index in [-0.39, 0.29) is 42.1 Å². The lowest BCUT2D eigenvalue weighted by molar-refractivity contribution is -0.156. The molecule has 119 heavy (non-hydrogen) atoms. The number of carbonyl (C=O) groups excluding carboxylic acids is 2. The summed E-state index contributed by atoms with van der Waals surface area (Å²) < 4.78 is 166. The average Bonchev–Trinajstić information content (AvgIpc) is 1.15. The van der Waals surface area contributed by atoms with Crippen molar-refractivity contribution in [3.63, 3.8) is 0 Å². The quantitative estimate of drug-likeness (QED) is 0.0683. The van der Waals surface area contributed by atoms with Gasteiger partial charge in [0.1, 0.15) is 11.4 Å². The highest BCUT2D eigenvalue weighted by molar-refractivity contribution is 7.89. The maximum atomic E-state index is 14.0. The molecule has 3 N–H and O–H groups in total. The molecule has 4 rings (SSSR count). The number of amides is 1. The van der Waals surface area contributed by atoms with Crippen molar-refractivity contribution < 1.29 is 142 Å². The predicted octanol–water partition coefficient (Wildman–Crippen LogP) is 4.43. The number of aliphatic hydroxyl groups is 1. The lowest BCUT2D eigenvalue weighted by Crippen LogP contribution is -2.51. The first-order valence-corrected chi connectivity index (χ1v) is 43.6. The molecule has 0 radical (unpaired) electrons. The molecule has 0 aliphatic carbocycles. The van der Waals surface area contributed by atoms with E-state index in [1.54, 1.807) is 18.2 Å². The number of nitrogens with two attached hydrogens (primary N) is 1. The second kappa shape index (κ2) is 73.8. The first-order valence-electron chi connectivity index (χ1n) is 42.1. The van der Waals surface area contributed by atoms with Gasteiger partial charge < -0.3 is 139 Å². The van der Waals surface area contributed by atoms with Gasteiger partial charge >= 0.3 is 5.97 Å². The molecule has 1 amide bonds. The van der Waals surface area contributed by atoms with Crippen LogP contribution in [-0.4, -0.2) is 421 Å². The number of likely N-dealkylation sites (N-methyl/N-ethyl adjacent to an activating group) is 1. The van der Waals surface area contributed by atoms with Gasteiger partial charge in [0.2, 0.25) is 15.9 Å². The van der Waals surface area contributed by atoms with E-state index in [1.807, 2.05) is 63.1 Å². The standard InChI is InChI=1S/C83H145N5O30S/c1-6-14-87(82(91)77-66-76-12-11-75(68-79(76)85-80(84)69-77)74-9-7-10-78(67-74)119(92,93)88-70-73(71-88)72-89)16-8-15-86(5)17-19-95-21-23-97-25-27-99-29-31-101-33-35-103-37-39-105-41-43-107-45-47-109-49-51-111-53-55-113-57-59-115-61-63-117-65-64-116-62-60-114-58-56-112-54-52-110-50-48-108-46-44-106-42-40-104-38-36-102-34-32-100-30-28-98-26-24-96-22-20-94-18-13-81(90)118-83(2,3)4/h7,9-12,66-68,73,89H,6,8,13-65,69-72H2,1-5H3,(H2,84,85). The fraction of sp³-hybridized carbons (Fsp3) is 0.795. The number of rotatable bonds is 86. The van der Waals surface area contributed by atoms with E-state index in [0.717, 1.165) is 37.1 Å². The van der Waals surface area contributed by atoms with Crippen molar-refractivity contribution in [1.82, 2.24) is 14.1 Å². The van der Waals surface area contributed by atoms with E-state index < -0.39 is 15.6 Å². The second-order valence-electron chi connectivity index (χ2n) is 28.1. The molecule has 35 nitrogen and oxygen atoms in total. The molecule has 36 heteroatoms. The van der Waals surface area contributed by atoms with Crippen LogP contribution in [0.1, 0.15) is 58.9 Å². The second-order valence-corrected chi connectivity index (χ2v) is 30.0. The fourth-order valence-electron chi connectivity index (χ4n) is 10.9. The van der Waals surface area contributed by atoms with Crippen molar-refractivity contribution in [2.24, 2.45) is 16.6 Å². The molecule has 2 aromatic carbocycles. The lowest BCUT2D eigenvalue weighted by Gasteiger charge is -2.36. The van der Waals surface area contributed by atoms with Gasteiger partial charge in [-0.2, -0.15) is 4.31 Å². The van der Waals surface area contributed by atoms with Gasteiger partial charge in [-0.1, -0.05) is 31.2 Å². The van der Waals surface area contributed by atoms with Gasteiger partial charge in [0.05, 0.1) is 334 Å². The predicted molar refractivity (Wildman–Crippen MR) is 444 cm³/mol. The molecule has 0 bridgehead atoms. The Labute approximate surface area is 707 Å². The first kappa shape index (κ1) is 107. The Balaban J connectivity index is 0.749. The number of benzene rings is 2. The topological polar surface area (TPSA) is 367 Å².